The van der Waals surface area contributed by atoms with Crippen LogP contribution in [0.4, 0.5) is 0 Å². The molecule has 11 heteroatoms. The highest BCUT2D eigenvalue weighted by Crippen LogP contribution is 2.35. The molecule has 2 aromatic rings. The summed E-state index contributed by atoms with van der Waals surface area (Å²) in [7, 11) is 0. The van der Waals surface area contributed by atoms with Crippen molar-refractivity contribution >= 4 is 29.5 Å². The number of benzene rings is 1. The predicted octanol–water partition coefficient (Wildman–Crippen LogP) is 2.57. The summed E-state index contributed by atoms with van der Waals surface area (Å²) in [5, 5.41) is 4.62. The lowest BCUT2D eigenvalue weighted by atomic mass is 9.84. The number of esters is 3. The number of carbonyl (C=O) groups excluding carboxylic acids is 3. The highest BCUT2D eigenvalue weighted by molar-refractivity contribution is 6.30. The lowest BCUT2D eigenvalue weighted by Crippen LogP contribution is -2.50. The Labute approximate surface area is 184 Å². The van der Waals surface area contributed by atoms with Crippen molar-refractivity contribution in [2.24, 2.45) is 5.41 Å². The van der Waals surface area contributed by atoms with Crippen LogP contribution >= 0.6 is 11.6 Å². The van der Waals surface area contributed by atoms with E-state index in [1.165, 1.54) is 38.1 Å². The quantitative estimate of drug-likeness (QED) is 0.394. The summed E-state index contributed by atoms with van der Waals surface area (Å²) in [6, 6.07) is 6.53. The van der Waals surface area contributed by atoms with Gasteiger partial charge in [0.05, 0.1) is 5.41 Å². The number of nitrogens with zero attached hydrogens (tertiary/aromatic N) is 3. The Kier molecular flexibility index (Phi) is 8.38. The molecule has 0 aliphatic carbocycles. The second-order valence-electron chi connectivity index (χ2n) is 7.08. The highest BCUT2D eigenvalue weighted by Gasteiger charge is 2.47. The zero-order valence-electron chi connectivity index (χ0n) is 17.6. The zero-order valence-corrected chi connectivity index (χ0v) is 18.4. The lowest BCUT2D eigenvalue weighted by molar-refractivity contribution is -0.186. The molecule has 10 nitrogen and oxygen atoms in total. The molecule has 0 bridgehead atoms. The summed E-state index contributed by atoms with van der Waals surface area (Å²) in [5.74, 6) is -1.31. The first kappa shape index (κ1) is 24.1. The lowest BCUT2D eigenvalue weighted by Gasteiger charge is -2.39. The Morgan fingerprint density at radius 3 is 2.06 bits per heavy atom. The Hall–Kier alpha value is -3.14. The molecule has 1 heterocycles. The van der Waals surface area contributed by atoms with Gasteiger partial charge in [0.15, 0.2) is 6.10 Å². The predicted molar refractivity (Wildman–Crippen MR) is 108 cm³/mol. The molecule has 168 valence electrons. The van der Waals surface area contributed by atoms with Gasteiger partial charge in [-0.1, -0.05) is 11.6 Å². The van der Waals surface area contributed by atoms with Gasteiger partial charge in [-0.2, -0.15) is 5.10 Å². The molecule has 0 aliphatic heterocycles. The van der Waals surface area contributed by atoms with Crippen molar-refractivity contribution in [1.29, 1.82) is 0 Å². The molecule has 0 saturated heterocycles. The van der Waals surface area contributed by atoms with Gasteiger partial charge in [0.25, 0.3) is 0 Å². The van der Waals surface area contributed by atoms with Crippen LogP contribution < -0.4 is 4.74 Å². The molecule has 31 heavy (non-hydrogen) atoms. The standard InChI is InChI=1S/C20H24ClN3O7/c1-13(25)28-9-20(4,10-29-14(2)26)18(30-15(3)27)19(24-12-22-11-23-24)31-17-7-5-16(21)6-8-17/h5-8,11-12,18-19H,9-10H2,1-4H3. The van der Waals surface area contributed by atoms with E-state index in [-0.39, 0.29) is 13.2 Å². The molecule has 0 spiro atoms. The largest absolute Gasteiger partial charge is 0.465 e. The molecular formula is C20H24ClN3O7. The number of hydrogen-bond acceptors (Lipinski definition) is 9. The van der Waals surface area contributed by atoms with Gasteiger partial charge < -0.3 is 18.9 Å². The van der Waals surface area contributed by atoms with Crippen molar-refractivity contribution in [2.45, 2.75) is 40.0 Å². The minimum absolute atomic E-state index is 0.220. The van der Waals surface area contributed by atoms with Crippen LogP contribution in [0, 0.1) is 5.41 Å². The van der Waals surface area contributed by atoms with Crippen LogP contribution in [0.25, 0.3) is 0 Å². The monoisotopic (exact) mass is 453 g/mol. The number of hydrogen-bond donors (Lipinski definition) is 0. The van der Waals surface area contributed by atoms with Gasteiger partial charge in [-0.15, -0.1) is 0 Å². The first-order valence-electron chi connectivity index (χ1n) is 9.31. The average Bonchev–Trinajstić information content (AvgIpc) is 3.23. The van der Waals surface area contributed by atoms with Gasteiger partial charge in [0.1, 0.15) is 31.6 Å². The third kappa shape index (κ3) is 7.25. The summed E-state index contributed by atoms with van der Waals surface area (Å²) < 4.78 is 23.4. The van der Waals surface area contributed by atoms with Crippen LogP contribution in [0.1, 0.15) is 33.9 Å². The Morgan fingerprint density at radius 2 is 1.61 bits per heavy atom. The van der Waals surface area contributed by atoms with E-state index in [1.54, 1.807) is 31.2 Å². The van der Waals surface area contributed by atoms with E-state index >= 15 is 0 Å². The fourth-order valence-corrected chi connectivity index (χ4v) is 2.84. The number of halogens is 1. The average molecular weight is 454 g/mol. The third-order valence-electron chi connectivity index (χ3n) is 4.22. The van der Waals surface area contributed by atoms with Crippen LogP contribution in [0.3, 0.4) is 0 Å². The molecule has 2 unspecified atom stereocenters. The Bertz CT molecular complexity index is 869. The van der Waals surface area contributed by atoms with Crippen molar-refractivity contribution < 1.29 is 33.3 Å². The fraction of sp³-hybridized carbons (Fsp3) is 0.450. The Balaban J connectivity index is 2.49. The smallest absolute Gasteiger partial charge is 0.303 e. The maximum Gasteiger partial charge on any atom is 0.303 e. The SMILES string of the molecule is CC(=O)OCC(C)(COC(C)=O)C(OC(C)=O)C(Oc1ccc(Cl)cc1)n1cncn1. The normalized spacial score (nSPS) is 13.1. The van der Waals surface area contributed by atoms with Crippen LogP contribution in [0.2, 0.25) is 5.02 Å². The van der Waals surface area contributed by atoms with Gasteiger partial charge in [0, 0.05) is 25.8 Å². The van der Waals surface area contributed by atoms with Gasteiger partial charge in [0.2, 0.25) is 6.23 Å². The van der Waals surface area contributed by atoms with E-state index in [9.17, 15) is 14.4 Å². The molecule has 2 atom stereocenters. The van der Waals surface area contributed by atoms with E-state index < -0.39 is 35.7 Å². The topological polar surface area (TPSA) is 119 Å². The van der Waals surface area contributed by atoms with Gasteiger partial charge in [-0.25, -0.2) is 9.67 Å². The van der Waals surface area contributed by atoms with E-state index in [0.717, 1.165) is 0 Å². The number of ether oxygens (including phenoxy) is 4. The molecule has 0 amide bonds. The molecule has 0 saturated carbocycles. The summed E-state index contributed by atoms with van der Waals surface area (Å²) in [6.45, 7) is 4.91. The van der Waals surface area contributed by atoms with Gasteiger partial charge in [-0.05, 0) is 31.2 Å². The molecule has 1 aromatic carbocycles. The molecule has 0 aliphatic rings. The van der Waals surface area contributed by atoms with Crippen LogP contribution in [-0.4, -0.2) is 52.0 Å². The van der Waals surface area contributed by atoms with Crippen molar-refractivity contribution in [1.82, 2.24) is 14.8 Å². The van der Waals surface area contributed by atoms with Crippen LogP contribution in [0.5, 0.6) is 5.75 Å². The second-order valence-corrected chi connectivity index (χ2v) is 7.52. The zero-order chi connectivity index (χ0) is 23.0. The van der Waals surface area contributed by atoms with Crippen LogP contribution in [0.15, 0.2) is 36.9 Å². The summed E-state index contributed by atoms with van der Waals surface area (Å²) in [6.07, 6.45) is 0.540. The number of aromatic nitrogens is 3. The summed E-state index contributed by atoms with van der Waals surface area (Å²) >= 11 is 5.94. The molecule has 0 fully saturated rings. The molecular weight excluding hydrogens is 430 g/mol. The molecule has 0 radical (unpaired) electrons. The fourth-order valence-electron chi connectivity index (χ4n) is 2.72. The molecule has 0 N–H and O–H groups in total. The minimum Gasteiger partial charge on any atom is -0.465 e. The van der Waals surface area contributed by atoms with Gasteiger partial charge in [-0.3, -0.25) is 14.4 Å². The maximum atomic E-state index is 12.0. The van der Waals surface area contributed by atoms with E-state index in [2.05, 4.69) is 10.1 Å². The van der Waals surface area contributed by atoms with Crippen molar-refractivity contribution in [3.63, 3.8) is 0 Å². The van der Waals surface area contributed by atoms with E-state index in [4.69, 9.17) is 30.5 Å². The van der Waals surface area contributed by atoms with Gasteiger partial charge >= 0.3 is 17.9 Å². The maximum absolute atomic E-state index is 12.0. The molecule has 1 aromatic heterocycles. The Morgan fingerprint density at radius 1 is 1.03 bits per heavy atom. The highest BCUT2D eigenvalue weighted by atomic mass is 35.5. The summed E-state index contributed by atoms with van der Waals surface area (Å²) in [5.41, 5.74) is -1.19. The second kappa shape index (κ2) is 10.8. The van der Waals surface area contributed by atoms with Crippen molar-refractivity contribution in [3.8, 4) is 5.75 Å². The molecule has 2 rings (SSSR count). The first-order valence-corrected chi connectivity index (χ1v) is 9.69. The first-order chi connectivity index (χ1) is 14.6. The van der Waals surface area contributed by atoms with Crippen LogP contribution in [-0.2, 0) is 28.6 Å². The van der Waals surface area contributed by atoms with Crippen molar-refractivity contribution in [3.05, 3.63) is 41.9 Å². The van der Waals surface area contributed by atoms with Crippen molar-refractivity contribution in [2.75, 3.05) is 13.2 Å². The number of carbonyl (C=O) groups is 3. The summed E-state index contributed by atoms with van der Waals surface area (Å²) in [4.78, 5) is 38.9. The third-order valence-corrected chi connectivity index (χ3v) is 4.47. The number of rotatable bonds is 10. The van der Waals surface area contributed by atoms with E-state index in [1.807, 2.05) is 0 Å². The van der Waals surface area contributed by atoms with E-state index in [0.29, 0.717) is 10.8 Å². The minimum atomic E-state index is -1.19.